The Balaban J connectivity index is 2.11. The maximum Gasteiger partial charge on any atom is 0.104 e. The van der Waals surface area contributed by atoms with Gasteiger partial charge in [-0.1, -0.05) is 55.5 Å². The molecule has 0 aliphatic heterocycles. The monoisotopic (exact) mass is 241 g/mol. The molecule has 0 heterocycles. The van der Waals surface area contributed by atoms with Gasteiger partial charge in [0.2, 0.25) is 0 Å². The van der Waals surface area contributed by atoms with Crippen molar-refractivity contribution in [1.82, 2.24) is 5.32 Å². The molecule has 0 spiro atoms. The molecule has 0 fully saturated rings. The predicted molar refractivity (Wildman–Crippen MR) is 75.0 cm³/mol. The fourth-order valence-electron chi connectivity index (χ4n) is 1.87. The average Bonchev–Trinajstić information content (AvgIpc) is 2.46. The Kier molecular flexibility index (Phi) is 4.51. The second-order valence-electron chi connectivity index (χ2n) is 4.37. The van der Waals surface area contributed by atoms with E-state index >= 15 is 0 Å². The number of aliphatic hydroxyl groups excluding tert-OH is 1. The molecule has 18 heavy (non-hydrogen) atoms. The van der Waals surface area contributed by atoms with Crippen molar-refractivity contribution in [2.45, 2.75) is 26.1 Å². The van der Waals surface area contributed by atoms with Crippen molar-refractivity contribution >= 4 is 0 Å². The number of rotatable bonds is 5. The molecular formula is C16H19NO. The first-order valence-electron chi connectivity index (χ1n) is 6.35. The molecule has 0 radical (unpaired) electrons. The Morgan fingerprint density at radius 3 is 2.44 bits per heavy atom. The lowest BCUT2D eigenvalue weighted by Gasteiger charge is -2.11. The van der Waals surface area contributed by atoms with Crippen molar-refractivity contribution in [2.24, 2.45) is 0 Å². The summed E-state index contributed by atoms with van der Waals surface area (Å²) in [5, 5.41) is 12.6. The van der Waals surface area contributed by atoms with E-state index in [2.05, 4.69) is 41.7 Å². The lowest BCUT2D eigenvalue weighted by molar-refractivity contribution is 0.131. The van der Waals surface area contributed by atoms with Crippen molar-refractivity contribution in [3.8, 4) is 11.1 Å². The van der Waals surface area contributed by atoms with Crippen molar-refractivity contribution in [3.63, 3.8) is 0 Å². The highest BCUT2D eigenvalue weighted by molar-refractivity contribution is 5.63. The third-order valence-corrected chi connectivity index (χ3v) is 2.96. The summed E-state index contributed by atoms with van der Waals surface area (Å²) in [5.41, 5.74) is 3.61. The highest BCUT2D eigenvalue weighted by Gasteiger charge is 2.01. The second kappa shape index (κ2) is 6.34. The third-order valence-electron chi connectivity index (χ3n) is 2.96. The summed E-state index contributed by atoms with van der Waals surface area (Å²) in [6.45, 7) is 2.65. The number of hydrogen-bond donors (Lipinski definition) is 2. The number of nitrogens with one attached hydrogen (secondary N) is 1. The zero-order valence-electron chi connectivity index (χ0n) is 10.6. The standard InChI is InChI=1S/C16H19NO/c1-2-16(18)17-12-13-7-6-10-15(11-13)14-8-4-3-5-9-14/h3-11,16-18H,2,12H2,1H3. The summed E-state index contributed by atoms with van der Waals surface area (Å²) in [5.74, 6) is 0. The van der Waals surface area contributed by atoms with Crippen LogP contribution < -0.4 is 5.32 Å². The molecule has 0 saturated carbocycles. The normalized spacial score (nSPS) is 12.3. The Morgan fingerprint density at radius 2 is 1.72 bits per heavy atom. The van der Waals surface area contributed by atoms with Crippen molar-refractivity contribution < 1.29 is 5.11 Å². The Bertz CT molecular complexity index is 481. The summed E-state index contributed by atoms with van der Waals surface area (Å²) >= 11 is 0. The topological polar surface area (TPSA) is 32.3 Å². The Labute approximate surface area is 108 Å². The maximum absolute atomic E-state index is 9.49. The molecule has 0 aliphatic carbocycles. The maximum atomic E-state index is 9.49. The summed E-state index contributed by atoms with van der Waals surface area (Å²) in [6, 6.07) is 18.7. The molecule has 2 rings (SSSR count). The van der Waals surface area contributed by atoms with Gasteiger partial charge in [0, 0.05) is 6.54 Å². The molecule has 0 aliphatic rings. The van der Waals surface area contributed by atoms with E-state index in [0.717, 1.165) is 6.42 Å². The largest absolute Gasteiger partial charge is 0.379 e. The van der Waals surface area contributed by atoms with Crippen LogP contribution in [-0.2, 0) is 6.54 Å². The smallest absolute Gasteiger partial charge is 0.104 e. The molecule has 0 aromatic heterocycles. The Hall–Kier alpha value is -1.64. The molecule has 2 aromatic carbocycles. The predicted octanol–water partition coefficient (Wildman–Crippen LogP) is 3.17. The van der Waals surface area contributed by atoms with E-state index in [1.165, 1.54) is 16.7 Å². The van der Waals surface area contributed by atoms with Crippen molar-refractivity contribution in [2.75, 3.05) is 0 Å². The van der Waals surface area contributed by atoms with E-state index < -0.39 is 6.23 Å². The lowest BCUT2D eigenvalue weighted by Crippen LogP contribution is -2.27. The van der Waals surface area contributed by atoms with Gasteiger partial charge in [-0.3, -0.25) is 5.32 Å². The number of benzene rings is 2. The molecule has 2 N–H and O–H groups in total. The van der Waals surface area contributed by atoms with E-state index in [0.29, 0.717) is 6.54 Å². The first kappa shape index (κ1) is 12.8. The molecule has 2 nitrogen and oxygen atoms in total. The van der Waals surface area contributed by atoms with Gasteiger partial charge in [-0.05, 0) is 29.2 Å². The van der Waals surface area contributed by atoms with Crippen LogP contribution in [0.5, 0.6) is 0 Å². The molecule has 0 bridgehead atoms. The van der Waals surface area contributed by atoms with E-state index in [4.69, 9.17) is 0 Å². The summed E-state index contributed by atoms with van der Waals surface area (Å²) < 4.78 is 0. The first-order valence-corrected chi connectivity index (χ1v) is 6.35. The minimum absolute atomic E-state index is 0.426. The minimum Gasteiger partial charge on any atom is -0.379 e. The van der Waals surface area contributed by atoms with Crippen LogP contribution in [0.3, 0.4) is 0 Å². The summed E-state index contributed by atoms with van der Waals surface area (Å²) in [4.78, 5) is 0. The summed E-state index contributed by atoms with van der Waals surface area (Å²) in [6.07, 6.45) is 0.295. The lowest BCUT2D eigenvalue weighted by atomic mass is 10.0. The van der Waals surface area contributed by atoms with E-state index in [1.807, 2.05) is 25.1 Å². The molecule has 2 aromatic rings. The van der Waals surface area contributed by atoms with Gasteiger partial charge in [-0.15, -0.1) is 0 Å². The van der Waals surface area contributed by atoms with Gasteiger partial charge >= 0.3 is 0 Å². The highest BCUT2D eigenvalue weighted by Crippen LogP contribution is 2.19. The van der Waals surface area contributed by atoms with E-state index in [-0.39, 0.29) is 0 Å². The van der Waals surface area contributed by atoms with Gasteiger partial charge in [0.15, 0.2) is 0 Å². The van der Waals surface area contributed by atoms with Crippen molar-refractivity contribution in [1.29, 1.82) is 0 Å². The van der Waals surface area contributed by atoms with Crippen LogP contribution in [0.1, 0.15) is 18.9 Å². The van der Waals surface area contributed by atoms with Crippen LogP contribution >= 0.6 is 0 Å². The number of aliphatic hydroxyl groups is 1. The molecule has 0 saturated heterocycles. The third kappa shape index (κ3) is 3.42. The van der Waals surface area contributed by atoms with Crippen LogP contribution in [-0.4, -0.2) is 11.3 Å². The van der Waals surface area contributed by atoms with Gasteiger partial charge < -0.3 is 5.11 Å². The van der Waals surface area contributed by atoms with Gasteiger partial charge in [0.1, 0.15) is 6.23 Å². The van der Waals surface area contributed by atoms with E-state index in [1.54, 1.807) is 0 Å². The van der Waals surface area contributed by atoms with Crippen LogP contribution in [0.2, 0.25) is 0 Å². The zero-order valence-corrected chi connectivity index (χ0v) is 10.6. The minimum atomic E-state index is -0.426. The van der Waals surface area contributed by atoms with Crippen LogP contribution in [0.15, 0.2) is 54.6 Å². The van der Waals surface area contributed by atoms with E-state index in [9.17, 15) is 5.11 Å². The molecular weight excluding hydrogens is 222 g/mol. The second-order valence-corrected chi connectivity index (χ2v) is 4.37. The quantitative estimate of drug-likeness (QED) is 0.788. The Morgan fingerprint density at radius 1 is 1.00 bits per heavy atom. The van der Waals surface area contributed by atoms with Gasteiger partial charge in [0.25, 0.3) is 0 Å². The van der Waals surface area contributed by atoms with Gasteiger partial charge in [-0.25, -0.2) is 0 Å². The molecule has 1 unspecified atom stereocenters. The first-order chi connectivity index (χ1) is 8.79. The fourth-order valence-corrected chi connectivity index (χ4v) is 1.87. The highest BCUT2D eigenvalue weighted by atomic mass is 16.3. The fraction of sp³-hybridized carbons (Fsp3) is 0.250. The van der Waals surface area contributed by atoms with Crippen LogP contribution in [0, 0.1) is 0 Å². The van der Waals surface area contributed by atoms with Crippen molar-refractivity contribution in [3.05, 3.63) is 60.2 Å². The van der Waals surface area contributed by atoms with Gasteiger partial charge in [0.05, 0.1) is 0 Å². The van der Waals surface area contributed by atoms with Crippen LogP contribution in [0.4, 0.5) is 0 Å². The summed E-state index contributed by atoms with van der Waals surface area (Å²) in [7, 11) is 0. The molecule has 0 amide bonds. The van der Waals surface area contributed by atoms with Crippen LogP contribution in [0.25, 0.3) is 11.1 Å². The molecule has 1 atom stereocenters. The molecule has 2 heteroatoms. The number of hydrogen-bond acceptors (Lipinski definition) is 2. The SMILES string of the molecule is CCC(O)NCc1cccc(-c2ccccc2)c1. The average molecular weight is 241 g/mol. The zero-order chi connectivity index (χ0) is 12.8. The molecule has 94 valence electrons. The van der Waals surface area contributed by atoms with Gasteiger partial charge in [-0.2, -0.15) is 0 Å².